The summed E-state index contributed by atoms with van der Waals surface area (Å²) in [6, 6.07) is 22.5. The van der Waals surface area contributed by atoms with Crippen LogP contribution in [0.15, 0.2) is 78.9 Å². The summed E-state index contributed by atoms with van der Waals surface area (Å²) in [4.78, 5) is 24.2. The maximum Gasteiger partial charge on any atom is 0.251 e. The van der Waals surface area contributed by atoms with Crippen LogP contribution in [0.3, 0.4) is 0 Å². The average molecular weight is 390 g/mol. The number of amides is 2. The molecule has 6 heteroatoms. The highest BCUT2D eigenvalue weighted by atomic mass is 16.5. The molecule has 0 aliphatic rings. The summed E-state index contributed by atoms with van der Waals surface area (Å²) in [5, 5.41) is 15.0. The number of carbonyl (C=O) groups excluding carboxylic acids is 2. The third-order valence-electron chi connectivity index (χ3n) is 4.13. The number of nitrogens with one attached hydrogen (secondary N) is 2. The summed E-state index contributed by atoms with van der Waals surface area (Å²) in [6.07, 6.45) is 0.589. The number of hydrogen-bond donors (Lipinski definition) is 3. The lowest BCUT2D eigenvalue weighted by Crippen LogP contribution is -2.29. The second kappa shape index (κ2) is 9.94. The van der Waals surface area contributed by atoms with E-state index in [4.69, 9.17) is 4.74 Å². The molecule has 0 bridgehead atoms. The van der Waals surface area contributed by atoms with Crippen molar-refractivity contribution < 1.29 is 19.4 Å². The van der Waals surface area contributed by atoms with Crippen LogP contribution in [0, 0.1) is 0 Å². The van der Waals surface area contributed by atoms with E-state index in [1.807, 2.05) is 30.3 Å². The number of carbonyl (C=O) groups is 2. The molecule has 0 atom stereocenters. The van der Waals surface area contributed by atoms with Crippen molar-refractivity contribution in [3.8, 4) is 17.2 Å². The third kappa shape index (κ3) is 6.10. The normalized spacial score (nSPS) is 10.2. The molecule has 3 rings (SSSR count). The van der Waals surface area contributed by atoms with E-state index in [-0.39, 0.29) is 17.6 Å². The number of phenols is 1. The van der Waals surface area contributed by atoms with Gasteiger partial charge in [0, 0.05) is 24.2 Å². The summed E-state index contributed by atoms with van der Waals surface area (Å²) in [6.45, 7) is 0.847. The Morgan fingerprint density at radius 2 is 1.34 bits per heavy atom. The molecule has 3 aromatic rings. The van der Waals surface area contributed by atoms with Gasteiger partial charge >= 0.3 is 0 Å². The zero-order valence-electron chi connectivity index (χ0n) is 15.8. The van der Waals surface area contributed by atoms with Gasteiger partial charge in [0.2, 0.25) is 0 Å². The predicted molar refractivity (Wildman–Crippen MR) is 110 cm³/mol. The van der Waals surface area contributed by atoms with Gasteiger partial charge < -0.3 is 20.5 Å². The zero-order chi connectivity index (χ0) is 20.5. The summed E-state index contributed by atoms with van der Waals surface area (Å²) < 4.78 is 5.70. The van der Waals surface area contributed by atoms with E-state index in [0.29, 0.717) is 36.4 Å². The van der Waals surface area contributed by atoms with Gasteiger partial charge in [0.1, 0.15) is 17.2 Å². The smallest absolute Gasteiger partial charge is 0.251 e. The van der Waals surface area contributed by atoms with Crippen LogP contribution in [0.2, 0.25) is 0 Å². The van der Waals surface area contributed by atoms with Gasteiger partial charge in [-0.3, -0.25) is 9.59 Å². The molecule has 3 aromatic carbocycles. The topological polar surface area (TPSA) is 87.7 Å². The van der Waals surface area contributed by atoms with Crippen molar-refractivity contribution in [3.05, 3.63) is 90.0 Å². The highest BCUT2D eigenvalue weighted by molar-refractivity contribution is 5.95. The lowest BCUT2D eigenvalue weighted by Gasteiger charge is -2.08. The van der Waals surface area contributed by atoms with Crippen molar-refractivity contribution in [2.75, 3.05) is 13.1 Å². The first-order chi connectivity index (χ1) is 14.1. The van der Waals surface area contributed by atoms with Gasteiger partial charge in [-0.2, -0.15) is 0 Å². The molecule has 0 fully saturated rings. The molecule has 0 aliphatic carbocycles. The van der Waals surface area contributed by atoms with Crippen LogP contribution in [0.4, 0.5) is 0 Å². The molecule has 0 saturated heterocycles. The van der Waals surface area contributed by atoms with E-state index in [1.54, 1.807) is 36.4 Å². The van der Waals surface area contributed by atoms with Crippen molar-refractivity contribution in [1.82, 2.24) is 10.6 Å². The quantitative estimate of drug-likeness (QED) is 0.512. The zero-order valence-corrected chi connectivity index (χ0v) is 15.8. The molecule has 2 amide bonds. The number of rotatable bonds is 8. The maximum atomic E-state index is 12.2. The Morgan fingerprint density at radius 1 is 0.724 bits per heavy atom. The molecule has 0 aromatic heterocycles. The molecule has 0 radical (unpaired) electrons. The largest absolute Gasteiger partial charge is 0.508 e. The van der Waals surface area contributed by atoms with Crippen molar-refractivity contribution in [2.45, 2.75) is 6.42 Å². The van der Waals surface area contributed by atoms with Gasteiger partial charge in [0.15, 0.2) is 0 Å². The standard InChI is InChI=1S/C23H22N2O4/c26-19-7-4-6-18(16-19)23(28)25-15-5-14-24-22(27)17-10-12-21(13-11-17)29-20-8-2-1-3-9-20/h1-4,6-13,16,26H,5,14-15H2,(H,24,27)(H,25,28). The molecule has 6 nitrogen and oxygen atoms in total. The van der Waals surface area contributed by atoms with Crippen LogP contribution in [-0.2, 0) is 0 Å². The molecule has 0 aliphatic heterocycles. The van der Waals surface area contributed by atoms with Gasteiger partial charge in [-0.25, -0.2) is 0 Å². The van der Waals surface area contributed by atoms with Gasteiger partial charge in [-0.15, -0.1) is 0 Å². The summed E-state index contributed by atoms with van der Waals surface area (Å²) in [5.74, 6) is 0.988. The van der Waals surface area contributed by atoms with Crippen LogP contribution in [-0.4, -0.2) is 30.0 Å². The van der Waals surface area contributed by atoms with Crippen molar-refractivity contribution in [3.63, 3.8) is 0 Å². The van der Waals surface area contributed by atoms with Gasteiger partial charge in [-0.05, 0) is 61.0 Å². The second-order valence-corrected chi connectivity index (χ2v) is 6.36. The monoisotopic (exact) mass is 390 g/mol. The Bertz CT molecular complexity index is 956. The minimum absolute atomic E-state index is 0.0464. The lowest BCUT2D eigenvalue weighted by atomic mass is 10.2. The van der Waals surface area contributed by atoms with Crippen LogP contribution < -0.4 is 15.4 Å². The molecule has 0 heterocycles. The van der Waals surface area contributed by atoms with Crippen LogP contribution in [0.5, 0.6) is 17.2 Å². The molecule has 0 spiro atoms. The van der Waals surface area contributed by atoms with Gasteiger partial charge in [0.05, 0.1) is 0 Å². The molecule has 148 valence electrons. The number of ether oxygens (including phenoxy) is 1. The van der Waals surface area contributed by atoms with Crippen molar-refractivity contribution >= 4 is 11.8 Å². The minimum Gasteiger partial charge on any atom is -0.508 e. The lowest BCUT2D eigenvalue weighted by molar-refractivity contribution is 0.0951. The molecule has 29 heavy (non-hydrogen) atoms. The Morgan fingerprint density at radius 3 is 2.00 bits per heavy atom. The first kappa shape index (κ1) is 19.9. The van der Waals surface area contributed by atoms with Gasteiger partial charge in [0.25, 0.3) is 11.8 Å². The van der Waals surface area contributed by atoms with Crippen molar-refractivity contribution in [1.29, 1.82) is 0 Å². The highest BCUT2D eigenvalue weighted by Crippen LogP contribution is 2.21. The molecule has 3 N–H and O–H groups in total. The Balaban J connectivity index is 1.38. The van der Waals surface area contributed by atoms with E-state index in [2.05, 4.69) is 10.6 Å². The minimum atomic E-state index is -0.263. The van der Waals surface area contributed by atoms with Crippen molar-refractivity contribution in [2.24, 2.45) is 0 Å². The Kier molecular flexibility index (Phi) is 6.84. The van der Waals surface area contributed by atoms with E-state index in [0.717, 1.165) is 5.75 Å². The first-order valence-corrected chi connectivity index (χ1v) is 9.30. The van der Waals surface area contributed by atoms with Crippen LogP contribution in [0.1, 0.15) is 27.1 Å². The van der Waals surface area contributed by atoms with E-state index in [9.17, 15) is 14.7 Å². The third-order valence-corrected chi connectivity index (χ3v) is 4.13. The second-order valence-electron chi connectivity index (χ2n) is 6.36. The molecule has 0 saturated carbocycles. The van der Waals surface area contributed by atoms with E-state index in [1.165, 1.54) is 12.1 Å². The average Bonchev–Trinajstić information content (AvgIpc) is 2.74. The number of benzene rings is 3. The number of aromatic hydroxyl groups is 1. The fourth-order valence-electron chi connectivity index (χ4n) is 2.64. The summed E-state index contributed by atoms with van der Waals surface area (Å²) >= 11 is 0. The fourth-order valence-corrected chi connectivity index (χ4v) is 2.64. The number of hydrogen-bond acceptors (Lipinski definition) is 4. The first-order valence-electron chi connectivity index (χ1n) is 9.30. The highest BCUT2D eigenvalue weighted by Gasteiger charge is 2.07. The molecular formula is C23H22N2O4. The predicted octanol–water partition coefficient (Wildman–Crippen LogP) is 3.73. The number of para-hydroxylation sites is 1. The Hall–Kier alpha value is -3.80. The Labute approximate surface area is 169 Å². The maximum absolute atomic E-state index is 12.2. The van der Waals surface area contributed by atoms with E-state index < -0.39 is 0 Å². The molecule has 0 unspecified atom stereocenters. The molecular weight excluding hydrogens is 368 g/mol. The SMILES string of the molecule is O=C(NCCCNC(=O)c1cccc(O)c1)c1ccc(Oc2ccccc2)cc1. The van der Waals surface area contributed by atoms with E-state index >= 15 is 0 Å². The fraction of sp³-hybridized carbons (Fsp3) is 0.130. The summed E-state index contributed by atoms with van der Waals surface area (Å²) in [5.41, 5.74) is 0.932. The summed E-state index contributed by atoms with van der Waals surface area (Å²) in [7, 11) is 0. The van der Waals surface area contributed by atoms with Gasteiger partial charge in [-0.1, -0.05) is 24.3 Å². The van der Waals surface area contributed by atoms with Crippen LogP contribution >= 0.6 is 0 Å². The van der Waals surface area contributed by atoms with Crippen LogP contribution in [0.25, 0.3) is 0 Å². The number of phenolic OH excluding ortho intramolecular Hbond substituents is 1.